The number of nitrogens with one attached hydrogen (secondary N) is 2. The van der Waals surface area contributed by atoms with Gasteiger partial charge in [-0.2, -0.15) is 0 Å². The van der Waals surface area contributed by atoms with Crippen LogP contribution in [0.5, 0.6) is 0 Å². The molecule has 5 nitrogen and oxygen atoms in total. The van der Waals surface area contributed by atoms with Crippen molar-refractivity contribution in [2.75, 3.05) is 0 Å². The lowest BCUT2D eigenvalue weighted by Gasteiger charge is -2.03. The van der Waals surface area contributed by atoms with Gasteiger partial charge >= 0.3 is 11.4 Å². The lowest BCUT2D eigenvalue weighted by atomic mass is 10.1. The van der Waals surface area contributed by atoms with Gasteiger partial charge in [0.05, 0.1) is 11.0 Å². The number of aromatic nitrogens is 3. The van der Waals surface area contributed by atoms with Gasteiger partial charge in [-0.15, -0.1) is 0 Å². The number of imidazole rings is 1. The summed E-state index contributed by atoms with van der Waals surface area (Å²) in [6.45, 7) is 0. The molecule has 2 N–H and O–H groups in total. The summed E-state index contributed by atoms with van der Waals surface area (Å²) in [5, 5.41) is 0.853. The predicted octanol–water partition coefficient (Wildman–Crippen LogP) is 2.06. The molecule has 0 aliphatic rings. The highest BCUT2D eigenvalue weighted by atomic mass is 16.2. The van der Waals surface area contributed by atoms with Crippen molar-refractivity contribution in [3.05, 3.63) is 86.8 Å². The maximum absolute atomic E-state index is 12.2. The zero-order valence-electron chi connectivity index (χ0n) is 11.7. The maximum atomic E-state index is 12.2. The van der Waals surface area contributed by atoms with Gasteiger partial charge in [-0.05, 0) is 11.6 Å². The molecule has 0 aliphatic heterocycles. The van der Waals surface area contributed by atoms with Crippen LogP contribution in [0.25, 0.3) is 16.4 Å². The number of para-hydroxylation sites is 1. The van der Waals surface area contributed by atoms with Crippen LogP contribution in [-0.2, 0) is 6.42 Å². The van der Waals surface area contributed by atoms with Crippen molar-refractivity contribution < 1.29 is 0 Å². The van der Waals surface area contributed by atoms with Crippen LogP contribution in [0.2, 0.25) is 0 Å². The highest BCUT2D eigenvalue weighted by Gasteiger charge is 2.14. The van der Waals surface area contributed by atoms with Gasteiger partial charge < -0.3 is 9.97 Å². The van der Waals surface area contributed by atoms with Gasteiger partial charge in [0.15, 0.2) is 0 Å². The van der Waals surface area contributed by atoms with Crippen LogP contribution in [-0.4, -0.2) is 14.4 Å². The van der Waals surface area contributed by atoms with Crippen LogP contribution in [0.4, 0.5) is 0 Å². The second-order valence-electron chi connectivity index (χ2n) is 5.23. The number of benzene rings is 2. The molecule has 22 heavy (non-hydrogen) atoms. The van der Waals surface area contributed by atoms with Crippen molar-refractivity contribution in [3.63, 3.8) is 0 Å². The Labute approximate surface area is 124 Å². The van der Waals surface area contributed by atoms with Gasteiger partial charge in [-0.3, -0.25) is 0 Å². The van der Waals surface area contributed by atoms with Crippen LogP contribution < -0.4 is 11.4 Å². The number of rotatable bonds is 2. The Kier molecular flexibility index (Phi) is 2.72. The molecule has 0 amide bonds. The van der Waals surface area contributed by atoms with Crippen LogP contribution in [0.3, 0.4) is 0 Å². The molecular weight excluding hydrogens is 278 g/mol. The highest BCUT2D eigenvalue weighted by molar-refractivity contribution is 5.94. The predicted molar refractivity (Wildman–Crippen MR) is 85.4 cm³/mol. The molecule has 2 aromatic carbocycles. The minimum Gasteiger partial charge on any atom is -0.308 e. The smallest absolute Gasteiger partial charge is 0.308 e. The van der Waals surface area contributed by atoms with E-state index < -0.39 is 11.4 Å². The van der Waals surface area contributed by atoms with E-state index in [1.165, 1.54) is 4.40 Å². The van der Waals surface area contributed by atoms with E-state index >= 15 is 0 Å². The van der Waals surface area contributed by atoms with Gasteiger partial charge in [0.25, 0.3) is 0 Å². The van der Waals surface area contributed by atoms with Crippen molar-refractivity contribution in [3.8, 4) is 0 Å². The second-order valence-corrected chi connectivity index (χ2v) is 5.23. The molecule has 4 rings (SSSR count). The van der Waals surface area contributed by atoms with Crippen molar-refractivity contribution in [1.82, 2.24) is 14.4 Å². The Morgan fingerprint density at radius 3 is 2.32 bits per heavy atom. The van der Waals surface area contributed by atoms with E-state index in [0.717, 1.165) is 22.2 Å². The molecule has 0 radical (unpaired) electrons. The molecule has 4 aromatic rings. The Hall–Kier alpha value is -3.08. The van der Waals surface area contributed by atoms with E-state index in [0.29, 0.717) is 11.9 Å². The Bertz CT molecular complexity index is 1090. The first kappa shape index (κ1) is 12.6. The summed E-state index contributed by atoms with van der Waals surface area (Å²) in [5.74, 6) is 0. The quantitative estimate of drug-likeness (QED) is 0.593. The molecule has 0 spiro atoms. The summed E-state index contributed by atoms with van der Waals surface area (Å²) in [4.78, 5) is 29.9. The number of hydrogen-bond acceptors (Lipinski definition) is 2. The third-order valence-corrected chi connectivity index (χ3v) is 3.82. The third kappa shape index (κ3) is 1.87. The first-order chi connectivity index (χ1) is 10.7. The zero-order chi connectivity index (χ0) is 15.1. The van der Waals surface area contributed by atoms with Crippen molar-refractivity contribution in [1.29, 1.82) is 0 Å². The minimum atomic E-state index is -0.422. The molecule has 0 saturated carbocycles. The number of nitrogens with zero attached hydrogens (tertiary/aromatic N) is 1. The molecule has 2 heterocycles. The van der Waals surface area contributed by atoms with Crippen LogP contribution in [0, 0.1) is 0 Å². The van der Waals surface area contributed by atoms with E-state index in [2.05, 4.69) is 9.97 Å². The molecular formula is C17H13N3O2. The molecule has 0 unspecified atom stereocenters. The third-order valence-electron chi connectivity index (χ3n) is 3.82. The number of H-pyrrole nitrogens is 2. The summed E-state index contributed by atoms with van der Waals surface area (Å²) in [6, 6.07) is 17.3. The average molecular weight is 291 g/mol. The summed E-state index contributed by atoms with van der Waals surface area (Å²) in [5.41, 5.74) is 2.37. The Balaban J connectivity index is 2.07. The van der Waals surface area contributed by atoms with Crippen LogP contribution in [0.15, 0.2) is 64.2 Å². The van der Waals surface area contributed by atoms with Crippen molar-refractivity contribution in [2.45, 2.75) is 6.42 Å². The lowest BCUT2D eigenvalue weighted by molar-refractivity contribution is 0.964. The standard InChI is InChI=1S/C17H13N3O2/c21-16-18-13-9-5-4-8-12(13)15-14(19-17(22)20(15)16)10-11-6-2-1-3-7-11/h1-9H,10H2,(H,18,21)(H,19,22). The number of hydrogen-bond donors (Lipinski definition) is 2. The summed E-state index contributed by atoms with van der Waals surface area (Å²) < 4.78 is 1.17. The van der Waals surface area contributed by atoms with Gasteiger partial charge in [0.2, 0.25) is 0 Å². The fourth-order valence-corrected chi connectivity index (χ4v) is 2.86. The zero-order valence-corrected chi connectivity index (χ0v) is 11.7. The second kappa shape index (κ2) is 4.73. The lowest BCUT2D eigenvalue weighted by Crippen LogP contribution is -2.25. The molecule has 0 atom stereocenters. The molecule has 108 valence electrons. The summed E-state index contributed by atoms with van der Waals surface area (Å²) >= 11 is 0. The van der Waals surface area contributed by atoms with Gasteiger partial charge in [0, 0.05) is 17.5 Å². The summed E-state index contributed by atoms with van der Waals surface area (Å²) in [6.07, 6.45) is 0.569. The van der Waals surface area contributed by atoms with E-state index in [9.17, 15) is 9.59 Å². The molecule has 0 bridgehead atoms. The molecule has 2 aromatic heterocycles. The number of fused-ring (bicyclic) bond motifs is 3. The average Bonchev–Trinajstić information content (AvgIpc) is 2.86. The summed E-state index contributed by atoms with van der Waals surface area (Å²) in [7, 11) is 0. The highest BCUT2D eigenvalue weighted by Crippen LogP contribution is 2.19. The fourth-order valence-electron chi connectivity index (χ4n) is 2.86. The normalized spacial score (nSPS) is 11.3. The first-order valence-electron chi connectivity index (χ1n) is 7.02. The SMILES string of the molecule is O=c1[nH]c(Cc2ccccc2)c2c3ccccc3[nH]c(=O)n12. The van der Waals surface area contributed by atoms with Gasteiger partial charge in [-0.1, -0.05) is 48.5 Å². The molecule has 0 fully saturated rings. The largest absolute Gasteiger partial charge is 0.334 e. The van der Waals surface area contributed by atoms with E-state index in [1.54, 1.807) is 0 Å². The van der Waals surface area contributed by atoms with E-state index in [4.69, 9.17) is 0 Å². The van der Waals surface area contributed by atoms with Crippen molar-refractivity contribution >= 4 is 16.4 Å². The maximum Gasteiger partial charge on any atom is 0.334 e. The van der Waals surface area contributed by atoms with Crippen LogP contribution >= 0.6 is 0 Å². The number of aromatic amines is 2. The van der Waals surface area contributed by atoms with Crippen LogP contribution in [0.1, 0.15) is 11.3 Å². The molecule has 0 saturated heterocycles. The molecule has 5 heteroatoms. The Morgan fingerprint density at radius 2 is 1.50 bits per heavy atom. The molecule has 0 aliphatic carbocycles. The van der Waals surface area contributed by atoms with Gasteiger partial charge in [0.1, 0.15) is 0 Å². The minimum absolute atomic E-state index is 0.409. The Morgan fingerprint density at radius 1 is 0.818 bits per heavy atom. The van der Waals surface area contributed by atoms with E-state index in [1.807, 2.05) is 54.6 Å². The van der Waals surface area contributed by atoms with E-state index in [-0.39, 0.29) is 0 Å². The monoisotopic (exact) mass is 291 g/mol. The van der Waals surface area contributed by atoms with Crippen molar-refractivity contribution in [2.24, 2.45) is 0 Å². The topological polar surface area (TPSA) is 70.1 Å². The first-order valence-corrected chi connectivity index (χ1v) is 7.02. The van der Waals surface area contributed by atoms with Gasteiger partial charge in [-0.25, -0.2) is 14.0 Å². The fraction of sp³-hybridized carbons (Fsp3) is 0.0588.